The van der Waals surface area contributed by atoms with E-state index in [2.05, 4.69) is 28.7 Å². The molecule has 0 aliphatic heterocycles. The number of aromatic amines is 1. The minimum Gasteiger partial charge on any atom is -0.357 e. The zero-order chi connectivity index (χ0) is 14.0. The predicted octanol–water partition coefficient (Wildman–Crippen LogP) is 4.53. The fourth-order valence-electron chi connectivity index (χ4n) is 1.22. The van der Waals surface area contributed by atoms with Gasteiger partial charge in [-0.05, 0) is 19.4 Å². The van der Waals surface area contributed by atoms with Gasteiger partial charge in [-0.2, -0.15) is 5.10 Å². The van der Waals surface area contributed by atoms with Crippen molar-refractivity contribution in [1.82, 2.24) is 10.2 Å². The van der Waals surface area contributed by atoms with Crippen LogP contribution in [0.1, 0.15) is 33.4 Å². The van der Waals surface area contributed by atoms with E-state index < -0.39 is 0 Å². The van der Waals surface area contributed by atoms with Crippen LogP contribution < -0.4 is 5.32 Å². The van der Waals surface area contributed by atoms with Crippen molar-refractivity contribution in [3.63, 3.8) is 0 Å². The van der Waals surface area contributed by atoms with Crippen LogP contribution in [0.3, 0.4) is 0 Å². The molecule has 0 aliphatic carbocycles. The quantitative estimate of drug-likeness (QED) is 0.748. The van der Waals surface area contributed by atoms with Crippen LogP contribution in [0.15, 0.2) is 49.4 Å². The number of H-pyrrole nitrogens is 1. The molecule has 0 saturated heterocycles. The van der Waals surface area contributed by atoms with Crippen LogP contribution in [0, 0.1) is 0 Å². The van der Waals surface area contributed by atoms with Crippen LogP contribution >= 0.6 is 0 Å². The molecule has 3 nitrogen and oxygen atoms in total. The van der Waals surface area contributed by atoms with Gasteiger partial charge in [0.05, 0.1) is 17.6 Å². The van der Waals surface area contributed by atoms with E-state index in [0.717, 1.165) is 22.7 Å². The summed E-state index contributed by atoms with van der Waals surface area (Å²) in [5.74, 6) is 0. The molecule has 0 saturated carbocycles. The van der Waals surface area contributed by atoms with Gasteiger partial charge in [-0.1, -0.05) is 51.3 Å². The average Bonchev–Trinajstić information content (AvgIpc) is 2.79. The number of allylic oxidation sites excluding steroid dienone is 6. The van der Waals surface area contributed by atoms with Gasteiger partial charge in [0.2, 0.25) is 0 Å². The van der Waals surface area contributed by atoms with Crippen molar-refractivity contribution < 1.29 is 0 Å². The molecule has 0 amide bonds. The monoisotopic (exact) mass is 245 g/mol. The van der Waals surface area contributed by atoms with E-state index in [-0.39, 0.29) is 0 Å². The first-order valence-corrected chi connectivity index (χ1v) is 6.09. The van der Waals surface area contributed by atoms with Crippen molar-refractivity contribution in [1.29, 1.82) is 0 Å². The Kier molecular flexibility index (Phi) is 8.03. The van der Waals surface area contributed by atoms with Crippen LogP contribution in [-0.4, -0.2) is 10.2 Å². The summed E-state index contributed by atoms with van der Waals surface area (Å²) in [4.78, 5) is 0. The van der Waals surface area contributed by atoms with E-state index in [4.69, 9.17) is 0 Å². The van der Waals surface area contributed by atoms with Gasteiger partial charge in [-0.15, -0.1) is 0 Å². The van der Waals surface area contributed by atoms with Crippen LogP contribution in [0.2, 0.25) is 0 Å². The lowest BCUT2D eigenvalue weighted by molar-refractivity contribution is 1.08. The van der Waals surface area contributed by atoms with Gasteiger partial charge in [-0.25, -0.2) is 0 Å². The molecular formula is C15H23N3. The highest BCUT2D eigenvalue weighted by Crippen LogP contribution is 2.21. The maximum atomic E-state index is 3.98. The predicted molar refractivity (Wildman–Crippen MR) is 81.4 cm³/mol. The van der Waals surface area contributed by atoms with Crippen molar-refractivity contribution in [3.8, 4) is 0 Å². The molecule has 0 spiro atoms. The van der Waals surface area contributed by atoms with Crippen molar-refractivity contribution in [3.05, 3.63) is 55.0 Å². The van der Waals surface area contributed by atoms with Crippen LogP contribution in [0.5, 0.6) is 0 Å². The Morgan fingerprint density at radius 2 is 2.00 bits per heavy atom. The Hall–Kier alpha value is -2.03. The number of rotatable bonds is 5. The number of nitrogens with one attached hydrogen (secondary N) is 2. The Morgan fingerprint density at radius 1 is 1.33 bits per heavy atom. The number of aromatic nitrogens is 2. The molecule has 0 radical (unpaired) electrons. The molecule has 18 heavy (non-hydrogen) atoms. The Labute approximate surface area is 110 Å². The summed E-state index contributed by atoms with van der Waals surface area (Å²) >= 11 is 0. The highest BCUT2D eigenvalue weighted by molar-refractivity contribution is 5.78. The molecule has 0 unspecified atom stereocenters. The third-order valence-electron chi connectivity index (χ3n) is 1.91. The zero-order valence-electron chi connectivity index (χ0n) is 11.7. The van der Waals surface area contributed by atoms with Crippen molar-refractivity contribution in [2.45, 2.75) is 27.7 Å². The number of anilines is 1. The number of hydrogen-bond donors (Lipinski definition) is 2. The number of hydrogen-bond acceptors (Lipinski definition) is 2. The summed E-state index contributed by atoms with van der Waals surface area (Å²) in [6.45, 7) is 15.6. The van der Waals surface area contributed by atoms with Gasteiger partial charge in [0.25, 0.3) is 0 Å². The molecule has 1 aromatic rings. The molecule has 0 atom stereocenters. The van der Waals surface area contributed by atoms with Crippen molar-refractivity contribution in [2.75, 3.05) is 5.32 Å². The molecule has 0 bridgehead atoms. The third kappa shape index (κ3) is 5.34. The average molecular weight is 245 g/mol. The van der Waals surface area contributed by atoms with E-state index in [1.54, 1.807) is 6.20 Å². The van der Waals surface area contributed by atoms with Gasteiger partial charge >= 0.3 is 0 Å². The van der Waals surface area contributed by atoms with Crippen LogP contribution in [0.25, 0.3) is 5.57 Å². The van der Waals surface area contributed by atoms with Gasteiger partial charge < -0.3 is 5.32 Å². The Morgan fingerprint density at radius 3 is 2.56 bits per heavy atom. The first-order chi connectivity index (χ1) is 8.65. The van der Waals surface area contributed by atoms with Gasteiger partial charge in [0.15, 0.2) is 0 Å². The van der Waals surface area contributed by atoms with Gasteiger partial charge in [0, 0.05) is 5.70 Å². The molecule has 0 aliphatic rings. The maximum Gasteiger partial charge on any atom is 0.0879 e. The minimum absolute atomic E-state index is 0.868. The number of nitrogens with zero attached hydrogens (tertiary/aromatic N) is 1. The lowest BCUT2D eigenvalue weighted by Crippen LogP contribution is -1.95. The van der Waals surface area contributed by atoms with E-state index in [1.807, 2.05) is 52.0 Å². The molecule has 1 aromatic heterocycles. The summed E-state index contributed by atoms with van der Waals surface area (Å²) in [5, 5.41) is 10.0. The normalized spacial score (nSPS) is 10.2. The van der Waals surface area contributed by atoms with Gasteiger partial charge in [0.1, 0.15) is 0 Å². The smallest absolute Gasteiger partial charge is 0.0879 e. The van der Waals surface area contributed by atoms with E-state index in [0.29, 0.717) is 0 Å². The summed E-state index contributed by atoms with van der Waals surface area (Å²) in [5.41, 5.74) is 3.51. The summed E-state index contributed by atoms with van der Waals surface area (Å²) in [6, 6.07) is 0. The highest BCUT2D eigenvalue weighted by Gasteiger charge is 2.05. The van der Waals surface area contributed by atoms with Crippen LogP contribution in [0.4, 0.5) is 5.69 Å². The first kappa shape index (κ1) is 16.0. The molecule has 1 rings (SSSR count). The lowest BCUT2D eigenvalue weighted by Gasteiger charge is -2.05. The van der Waals surface area contributed by atoms with Gasteiger partial charge in [-0.3, -0.25) is 5.10 Å². The second-order valence-electron chi connectivity index (χ2n) is 3.47. The van der Waals surface area contributed by atoms with E-state index >= 15 is 0 Å². The maximum absolute atomic E-state index is 3.98. The zero-order valence-corrected chi connectivity index (χ0v) is 11.7. The second kappa shape index (κ2) is 9.05. The highest BCUT2D eigenvalue weighted by atomic mass is 15.1. The molecule has 2 N–H and O–H groups in total. The van der Waals surface area contributed by atoms with E-state index in [9.17, 15) is 0 Å². The first-order valence-electron chi connectivity index (χ1n) is 6.09. The van der Waals surface area contributed by atoms with Crippen LogP contribution in [-0.2, 0) is 0 Å². The Bertz CT molecular complexity index is 436. The standard InChI is InChI=1S/C13H17N3.C2H6/c1-5-6-7-8-11(4)13-12(9-14-16-13)15-10(2)3;1-2/h5-9,15H,2,4H2,1,3H3,(H,14,16);1-2H3/b6-5-,8-7-;. The summed E-state index contributed by atoms with van der Waals surface area (Å²) < 4.78 is 0. The Balaban J connectivity index is 0.00000137. The fourth-order valence-corrected chi connectivity index (χ4v) is 1.22. The topological polar surface area (TPSA) is 40.7 Å². The second-order valence-corrected chi connectivity index (χ2v) is 3.47. The summed E-state index contributed by atoms with van der Waals surface area (Å²) in [7, 11) is 0. The molecule has 1 heterocycles. The fraction of sp³-hybridized carbons (Fsp3) is 0.267. The molecule has 98 valence electrons. The van der Waals surface area contributed by atoms with Crippen molar-refractivity contribution in [2.24, 2.45) is 0 Å². The third-order valence-corrected chi connectivity index (χ3v) is 1.91. The lowest BCUT2D eigenvalue weighted by atomic mass is 10.2. The molecule has 3 heteroatoms. The molecule has 0 fully saturated rings. The largest absolute Gasteiger partial charge is 0.357 e. The summed E-state index contributed by atoms with van der Waals surface area (Å²) in [6.07, 6.45) is 9.50. The molecular weight excluding hydrogens is 222 g/mol. The van der Waals surface area contributed by atoms with Crippen molar-refractivity contribution >= 4 is 11.3 Å². The van der Waals surface area contributed by atoms with E-state index in [1.165, 1.54) is 0 Å². The molecule has 0 aromatic carbocycles. The SMILES string of the molecule is C=C(C)Nc1cn[nH]c1C(=C)/C=C\C=C/C.CC. The minimum atomic E-state index is 0.868.